The van der Waals surface area contributed by atoms with Crippen molar-refractivity contribution in [3.8, 4) is 0 Å². The van der Waals surface area contributed by atoms with E-state index in [1.165, 1.54) is 11.4 Å². The Balaban J connectivity index is 2.65. The lowest BCUT2D eigenvalue weighted by Crippen LogP contribution is -2.14. The van der Waals surface area contributed by atoms with Gasteiger partial charge in [0, 0.05) is 23.5 Å². The summed E-state index contributed by atoms with van der Waals surface area (Å²) < 4.78 is 0. The zero-order valence-corrected chi connectivity index (χ0v) is 10.2. The number of rotatable bonds is 5. The molecule has 0 fully saturated rings. The van der Waals surface area contributed by atoms with Crippen LogP contribution >= 0.6 is 0 Å². The van der Waals surface area contributed by atoms with E-state index in [0.717, 1.165) is 6.42 Å². The second kappa shape index (κ2) is 5.64. The maximum atomic E-state index is 3.47. The Hall–Kier alpha value is -1.18. The fraction of sp³-hybridized carbons (Fsp3) is 0.538. The van der Waals surface area contributed by atoms with Gasteiger partial charge >= 0.3 is 0 Å². The Morgan fingerprint density at radius 3 is 2.20 bits per heavy atom. The molecular weight excluding hydrogens is 184 g/mol. The van der Waals surface area contributed by atoms with Gasteiger partial charge in [-0.2, -0.15) is 0 Å². The van der Waals surface area contributed by atoms with E-state index in [0.29, 0.717) is 12.1 Å². The van der Waals surface area contributed by atoms with E-state index in [2.05, 4.69) is 62.6 Å². The van der Waals surface area contributed by atoms with Crippen LogP contribution in [0.15, 0.2) is 24.3 Å². The maximum absolute atomic E-state index is 3.47. The van der Waals surface area contributed by atoms with Gasteiger partial charge in [0.1, 0.15) is 0 Å². The molecule has 0 aromatic heterocycles. The highest BCUT2D eigenvalue weighted by molar-refractivity contribution is 5.57. The van der Waals surface area contributed by atoms with Crippen molar-refractivity contribution in [2.75, 3.05) is 10.6 Å². The first kappa shape index (κ1) is 11.9. The second-order valence-corrected chi connectivity index (χ2v) is 4.33. The Labute approximate surface area is 93.1 Å². The summed E-state index contributed by atoms with van der Waals surface area (Å²) in [6.07, 6.45) is 1.14. The van der Waals surface area contributed by atoms with Gasteiger partial charge in [0.2, 0.25) is 0 Å². The quantitative estimate of drug-likeness (QED) is 0.767. The third-order valence-corrected chi connectivity index (χ3v) is 2.34. The fourth-order valence-electron chi connectivity index (χ4n) is 1.42. The minimum absolute atomic E-state index is 0.476. The first-order valence-corrected chi connectivity index (χ1v) is 5.75. The van der Waals surface area contributed by atoms with Crippen LogP contribution in [0.5, 0.6) is 0 Å². The van der Waals surface area contributed by atoms with Crippen molar-refractivity contribution in [3.05, 3.63) is 24.3 Å². The van der Waals surface area contributed by atoms with E-state index in [9.17, 15) is 0 Å². The number of anilines is 2. The standard InChI is InChI=1S/C13H22N2/c1-5-11(4)15-13-8-6-7-12(9-13)14-10(2)3/h6-11,14-15H,5H2,1-4H3. The molecule has 0 aliphatic heterocycles. The van der Waals surface area contributed by atoms with Crippen molar-refractivity contribution in [1.29, 1.82) is 0 Å². The van der Waals surface area contributed by atoms with Crippen LogP contribution in [0.3, 0.4) is 0 Å². The number of hydrogen-bond donors (Lipinski definition) is 2. The molecule has 0 heterocycles. The predicted octanol–water partition coefficient (Wildman–Crippen LogP) is 3.72. The molecule has 1 aromatic rings. The second-order valence-electron chi connectivity index (χ2n) is 4.33. The van der Waals surface area contributed by atoms with Gasteiger partial charge in [-0.1, -0.05) is 13.0 Å². The molecule has 0 saturated heterocycles. The highest BCUT2D eigenvalue weighted by Crippen LogP contribution is 2.17. The Morgan fingerprint density at radius 2 is 1.67 bits per heavy atom. The van der Waals surface area contributed by atoms with Gasteiger partial charge in [0.25, 0.3) is 0 Å². The Kier molecular flexibility index (Phi) is 4.47. The third-order valence-electron chi connectivity index (χ3n) is 2.34. The van der Waals surface area contributed by atoms with Crippen LogP contribution in [0.1, 0.15) is 34.1 Å². The highest BCUT2D eigenvalue weighted by atomic mass is 14.9. The first-order valence-electron chi connectivity index (χ1n) is 5.75. The van der Waals surface area contributed by atoms with Gasteiger partial charge in [-0.05, 0) is 45.4 Å². The van der Waals surface area contributed by atoms with E-state index >= 15 is 0 Å². The number of benzene rings is 1. The van der Waals surface area contributed by atoms with E-state index in [1.807, 2.05) is 0 Å². The summed E-state index contributed by atoms with van der Waals surface area (Å²) >= 11 is 0. The summed E-state index contributed by atoms with van der Waals surface area (Å²) in [5.74, 6) is 0. The minimum atomic E-state index is 0.476. The third kappa shape index (κ3) is 4.24. The van der Waals surface area contributed by atoms with Gasteiger partial charge in [0.15, 0.2) is 0 Å². The van der Waals surface area contributed by atoms with Crippen molar-refractivity contribution in [2.24, 2.45) is 0 Å². The maximum Gasteiger partial charge on any atom is 0.0362 e. The normalized spacial score (nSPS) is 12.6. The minimum Gasteiger partial charge on any atom is -0.383 e. The van der Waals surface area contributed by atoms with Crippen LogP contribution in [0.4, 0.5) is 11.4 Å². The van der Waals surface area contributed by atoms with E-state index in [4.69, 9.17) is 0 Å². The van der Waals surface area contributed by atoms with Crippen LogP contribution in [0.2, 0.25) is 0 Å². The summed E-state index contributed by atoms with van der Waals surface area (Å²) in [5.41, 5.74) is 2.37. The topological polar surface area (TPSA) is 24.1 Å². The molecule has 0 radical (unpaired) electrons. The van der Waals surface area contributed by atoms with Crippen molar-refractivity contribution < 1.29 is 0 Å². The van der Waals surface area contributed by atoms with Gasteiger partial charge in [-0.15, -0.1) is 0 Å². The number of hydrogen-bond acceptors (Lipinski definition) is 2. The highest BCUT2D eigenvalue weighted by Gasteiger charge is 2.00. The molecule has 0 saturated carbocycles. The summed E-state index contributed by atoms with van der Waals surface area (Å²) in [4.78, 5) is 0. The molecular formula is C13H22N2. The Bertz CT molecular complexity index is 294. The lowest BCUT2D eigenvalue weighted by molar-refractivity contribution is 0.764. The van der Waals surface area contributed by atoms with Crippen LogP contribution < -0.4 is 10.6 Å². The van der Waals surface area contributed by atoms with Gasteiger partial charge < -0.3 is 10.6 Å². The summed E-state index contributed by atoms with van der Waals surface area (Å²) in [7, 11) is 0. The van der Waals surface area contributed by atoms with Gasteiger partial charge in [0.05, 0.1) is 0 Å². The van der Waals surface area contributed by atoms with Crippen LogP contribution in [0, 0.1) is 0 Å². The van der Waals surface area contributed by atoms with Gasteiger partial charge in [-0.3, -0.25) is 0 Å². The van der Waals surface area contributed by atoms with Crippen LogP contribution in [-0.4, -0.2) is 12.1 Å². The molecule has 2 N–H and O–H groups in total. The van der Waals surface area contributed by atoms with Crippen molar-refractivity contribution in [3.63, 3.8) is 0 Å². The monoisotopic (exact) mass is 206 g/mol. The zero-order chi connectivity index (χ0) is 11.3. The van der Waals surface area contributed by atoms with Crippen molar-refractivity contribution >= 4 is 11.4 Å². The molecule has 2 heteroatoms. The average Bonchev–Trinajstić information content (AvgIpc) is 2.17. The average molecular weight is 206 g/mol. The Morgan fingerprint density at radius 1 is 1.07 bits per heavy atom. The predicted molar refractivity (Wildman–Crippen MR) is 68.6 cm³/mol. The molecule has 0 spiro atoms. The fourth-order valence-corrected chi connectivity index (χ4v) is 1.42. The molecule has 0 amide bonds. The van der Waals surface area contributed by atoms with Gasteiger partial charge in [-0.25, -0.2) is 0 Å². The summed E-state index contributed by atoms with van der Waals surface area (Å²) in [5, 5.41) is 6.86. The molecule has 1 unspecified atom stereocenters. The molecule has 1 aromatic carbocycles. The lowest BCUT2D eigenvalue weighted by Gasteiger charge is -2.15. The summed E-state index contributed by atoms with van der Waals surface area (Å²) in [6.45, 7) is 8.68. The SMILES string of the molecule is CCC(C)Nc1cccc(NC(C)C)c1. The zero-order valence-electron chi connectivity index (χ0n) is 10.2. The summed E-state index contributed by atoms with van der Waals surface area (Å²) in [6, 6.07) is 9.45. The van der Waals surface area contributed by atoms with E-state index in [-0.39, 0.29) is 0 Å². The molecule has 15 heavy (non-hydrogen) atoms. The molecule has 1 atom stereocenters. The van der Waals surface area contributed by atoms with Crippen LogP contribution in [-0.2, 0) is 0 Å². The molecule has 84 valence electrons. The molecule has 2 nitrogen and oxygen atoms in total. The van der Waals surface area contributed by atoms with Crippen molar-refractivity contribution in [2.45, 2.75) is 46.2 Å². The van der Waals surface area contributed by atoms with Crippen molar-refractivity contribution in [1.82, 2.24) is 0 Å². The first-order chi connectivity index (χ1) is 7.11. The lowest BCUT2D eigenvalue weighted by atomic mass is 10.2. The number of nitrogens with one attached hydrogen (secondary N) is 2. The van der Waals surface area contributed by atoms with E-state index < -0.39 is 0 Å². The molecule has 0 aliphatic carbocycles. The molecule has 1 rings (SSSR count). The van der Waals surface area contributed by atoms with E-state index in [1.54, 1.807) is 0 Å². The van der Waals surface area contributed by atoms with Crippen LogP contribution in [0.25, 0.3) is 0 Å². The largest absolute Gasteiger partial charge is 0.383 e. The molecule has 0 aliphatic rings. The smallest absolute Gasteiger partial charge is 0.0362 e. The molecule has 0 bridgehead atoms.